The number of aromatic nitrogens is 5. The minimum atomic E-state index is -0.750. The zero-order valence-corrected chi connectivity index (χ0v) is 13.7. The van der Waals surface area contributed by atoms with Gasteiger partial charge < -0.3 is 19.5 Å². The molecule has 0 saturated heterocycles. The number of hydrogen-bond donors (Lipinski definition) is 1. The van der Waals surface area contributed by atoms with Crippen LogP contribution in [-0.4, -0.2) is 43.5 Å². The number of rotatable bonds is 5. The van der Waals surface area contributed by atoms with Gasteiger partial charge in [0.05, 0.1) is 0 Å². The van der Waals surface area contributed by atoms with Crippen LogP contribution in [0.25, 0.3) is 5.82 Å². The van der Waals surface area contributed by atoms with E-state index < -0.39 is 6.10 Å². The van der Waals surface area contributed by atoms with Gasteiger partial charge in [-0.1, -0.05) is 0 Å². The molecule has 1 aliphatic heterocycles. The highest BCUT2D eigenvalue weighted by molar-refractivity contribution is 5.93. The van der Waals surface area contributed by atoms with E-state index in [1.807, 2.05) is 0 Å². The summed E-state index contributed by atoms with van der Waals surface area (Å²) in [5, 5.41) is 6.67. The van der Waals surface area contributed by atoms with Crippen LogP contribution in [0.3, 0.4) is 0 Å². The zero-order valence-electron chi connectivity index (χ0n) is 13.7. The maximum Gasteiger partial charge on any atom is 0.266 e. The Morgan fingerprint density at radius 1 is 1.23 bits per heavy atom. The van der Waals surface area contributed by atoms with E-state index in [2.05, 4.69) is 25.4 Å². The minimum Gasteiger partial charge on any atom is -0.481 e. The van der Waals surface area contributed by atoms with Gasteiger partial charge in [0.1, 0.15) is 30.5 Å². The average molecular weight is 354 g/mol. The van der Waals surface area contributed by atoms with E-state index in [1.54, 1.807) is 31.2 Å². The van der Waals surface area contributed by atoms with Crippen molar-refractivity contribution in [2.45, 2.75) is 13.0 Å². The molecule has 10 heteroatoms. The first-order valence-corrected chi connectivity index (χ1v) is 7.73. The average Bonchev–Trinajstić information content (AvgIpc) is 3.33. The summed E-state index contributed by atoms with van der Waals surface area (Å²) in [6, 6.07) is 6.71. The summed E-state index contributed by atoms with van der Waals surface area (Å²) in [4.78, 5) is 24.3. The van der Waals surface area contributed by atoms with Crippen LogP contribution in [-0.2, 0) is 4.79 Å². The maximum absolute atomic E-state index is 12.4. The highest BCUT2D eigenvalue weighted by Crippen LogP contribution is 2.35. The number of hydrogen-bond acceptors (Lipinski definition) is 8. The van der Waals surface area contributed by atoms with Crippen molar-refractivity contribution in [2.75, 3.05) is 12.1 Å². The van der Waals surface area contributed by atoms with E-state index in [1.165, 1.54) is 23.7 Å². The highest BCUT2D eigenvalue weighted by Gasteiger charge is 2.19. The third-order valence-electron chi connectivity index (χ3n) is 3.58. The number of nitrogens with zero attached hydrogens (tertiary/aromatic N) is 5. The second kappa shape index (κ2) is 6.67. The largest absolute Gasteiger partial charge is 0.481 e. The summed E-state index contributed by atoms with van der Waals surface area (Å²) in [5.74, 6) is 2.20. The number of carbonyl (C=O) groups is 1. The number of benzene rings is 1. The molecule has 10 nitrogen and oxygen atoms in total. The van der Waals surface area contributed by atoms with E-state index in [9.17, 15) is 4.79 Å². The Morgan fingerprint density at radius 3 is 2.96 bits per heavy atom. The standard InChI is InChI=1S/C16H14N6O4/c1-10(26-11-2-3-12-13(4-11)25-9-24-12)16(23)21-14-5-15(19-7-18-14)22-8-17-6-20-22/h2-8,10H,9H2,1H3,(H,18,19,21,23). The predicted molar refractivity (Wildman–Crippen MR) is 88.2 cm³/mol. The van der Waals surface area contributed by atoms with Crippen LogP contribution in [0, 0.1) is 0 Å². The van der Waals surface area contributed by atoms with Crippen LogP contribution >= 0.6 is 0 Å². The van der Waals surface area contributed by atoms with Gasteiger partial charge in [0, 0.05) is 12.1 Å². The van der Waals surface area contributed by atoms with Crippen molar-refractivity contribution >= 4 is 11.7 Å². The van der Waals surface area contributed by atoms with Crippen molar-refractivity contribution in [1.29, 1.82) is 0 Å². The molecule has 1 unspecified atom stereocenters. The van der Waals surface area contributed by atoms with Crippen molar-refractivity contribution in [2.24, 2.45) is 0 Å². The van der Waals surface area contributed by atoms with Crippen LogP contribution in [0.5, 0.6) is 17.2 Å². The molecule has 1 N–H and O–H groups in total. The summed E-state index contributed by atoms with van der Waals surface area (Å²) in [6.07, 6.45) is 3.47. The number of carbonyl (C=O) groups excluding carboxylic acids is 1. The van der Waals surface area contributed by atoms with Gasteiger partial charge in [-0.25, -0.2) is 19.6 Å². The fraction of sp³-hybridized carbons (Fsp3) is 0.188. The molecule has 0 spiro atoms. The van der Waals surface area contributed by atoms with Crippen molar-refractivity contribution in [3.63, 3.8) is 0 Å². The SMILES string of the molecule is CC(Oc1ccc2c(c1)OCO2)C(=O)Nc1cc(-n2cncn2)ncn1. The lowest BCUT2D eigenvalue weighted by Gasteiger charge is -2.14. The third-order valence-corrected chi connectivity index (χ3v) is 3.58. The lowest BCUT2D eigenvalue weighted by Crippen LogP contribution is -2.30. The number of anilines is 1. The monoisotopic (exact) mass is 354 g/mol. The lowest BCUT2D eigenvalue weighted by molar-refractivity contribution is -0.122. The van der Waals surface area contributed by atoms with Crippen molar-refractivity contribution in [3.8, 4) is 23.1 Å². The smallest absolute Gasteiger partial charge is 0.266 e. The van der Waals surface area contributed by atoms with Gasteiger partial charge in [0.15, 0.2) is 23.4 Å². The quantitative estimate of drug-likeness (QED) is 0.727. The second-order valence-corrected chi connectivity index (χ2v) is 5.37. The fourth-order valence-corrected chi connectivity index (χ4v) is 2.30. The number of ether oxygens (including phenoxy) is 3. The Bertz CT molecular complexity index is 930. The Morgan fingerprint density at radius 2 is 2.12 bits per heavy atom. The molecule has 0 saturated carbocycles. The Hall–Kier alpha value is -3.69. The molecule has 26 heavy (non-hydrogen) atoms. The van der Waals surface area contributed by atoms with Crippen molar-refractivity contribution in [1.82, 2.24) is 24.7 Å². The van der Waals surface area contributed by atoms with Crippen LogP contribution in [0.4, 0.5) is 5.82 Å². The summed E-state index contributed by atoms with van der Waals surface area (Å²) < 4.78 is 17.7. The number of amides is 1. The predicted octanol–water partition coefficient (Wildman–Crippen LogP) is 1.19. The minimum absolute atomic E-state index is 0.177. The molecule has 0 bridgehead atoms. The molecular formula is C16H14N6O4. The number of nitrogens with one attached hydrogen (secondary N) is 1. The third kappa shape index (κ3) is 3.24. The molecule has 132 valence electrons. The molecule has 4 rings (SSSR count). The van der Waals surface area contributed by atoms with Gasteiger partial charge in [0.2, 0.25) is 6.79 Å². The van der Waals surface area contributed by atoms with E-state index >= 15 is 0 Å². The van der Waals surface area contributed by atoms with Crippen LogP contribution in [0.2, 0.25) is 0 Å². The molecule has 1 atom stereocenters. The van der Waals surface area contributed by atoms with Crippen molar-refractivity contribution < 1.29 is 19.0 Å². The zero-order chi connectivity index (χ0) is 17.9. The molecule has 1 aromatic carbocycles. The first-order chi connectivity index (χ1) is 12.7. The van der Waals surface area contributed by atoms with Crippen LogP contribution < -0.4 is 19.5 Å². The molecule has 3 aromatic rings. The first kappa shape index (κ1) is 15.8. The van der Waals surface area contributed by atoms with E-state index in [0.29, 0.717) is 28.9 Å². The van der Waals surface area contributed by atoms with Crippen LogP contribution in [0.1, 0.15) is 6.92 Å². The van der Waals surface area contributed by atoms with Gasteiger partial charge in [0.25, 0.3) is 5.91 Å². The molecule has 0 aliphatic carbocycles. The molecule has 2 aromatic heterocycles. The topological polar surface area (TPSA) is 113 Å². The molecule has 0 radical (unpaired) electrons. The first-order valence-electron chi connectivity index (χ1n) is 7.73. The number of fused-ring (bicyclic) bond motifs is 1. The van der Waals surface area contributed by atoms with Gasteiger partial charge in [-0.05, 0) is 19.1 Å². The summed E-state index contributed by atoms with van der Waals surface area (Å²) >= 11 is 0. The molecule has 3 heterocycles. The van der Waals surface area contributed by atoms with E-state index in [-0.39, 0.29) is 12.7 Å². The molecular weight excluding hydrogens is 340 g/mol. The highest BCUT2D eigenvalue weighted by atomic mass is 16.7. The Kier molecular flexibility index (Phi) is 4.06. The van der Waals surface area contributed by atoms with Gasteiger partial charge in [-0.2, -0.15) is 5.10 Å². The second-order valence-electron chi connectivity index (χ2n) is 5.37. The molecule has 0 fully saturated rings. The maximum atomic E-state index is 12.4. The summed E-state index contributed by atoms with van der Waals surface area (Å²) in [5.41, 5.74) is 0. The Balaban J connectivity index is 1.42. The van der Waals surface area contributed by atoms with E-state index in [4.69, 9.17) is 14.2 Å². The molecule has 1 amide bonds. The fourth-order valence-electron chi connectivity index (χ4n) is 2.30. The summed E-state index contributed by atoms with van der Waals surface area (Å²) in [7, 11) is 0. The van der Waals surface area contributed by atoms with E-state index in [0.717, 1.165) is 0 Å². The molecule has 1 aliphatic rings. The van der Waals surface area contributed by atoms with Crippen LogP contribution in [0.15, 0.2) is 43.2 Å². The Labute approximate surface area is 147 Å². The van der Waals surface area contributed by atoms with Gasteiger partial charge >= 0.3 is 0 Å². The lowest BCUT2D eigenvalue weighted by atomic mass is 10.3. The van der Waals surface area contributed by atoms with Gasteiger partial charge in [-0.3, -0.25) is 4.79 Å². The normalized spacial score (nSPS) is 13.3. The van der Waals surface area contributed by atoms with Crippen molar-refractivity contribution in [3.05, 3.63) is 43.2 Å². The van der Waals surface area contributed by atoms with Gasteiger partial charge in [-0.15, -0.1) is 0 Å². The summed E-state index contributed by atoms with van der Waals surface area (Å²) in [6.45, 7) is 1.82.